The average Bonchev–Trinajstić information content (AvgIpc) is 2.54. The lowest BCUT2D eigenvalue weighted by Gasteiger charge is -2.23. The molecule has 0 aliphatic rings. The second kappa shape index (κ2) is 7.68. The molecule has 0 saturated carbocycles. The molecule has 0 aromatic heterocycles. The molecule has 2 aromatic rings. The molecule has 2 aromatic carbocycles. The Kier molecular flexibility index (Phi) is 6.03. The van der Waals surface area contributed by atoms with Gasteiger partial charge in [-0.1, -0.05) is 63.2 Å². The summed E-state index contributed by atoms with van der Waals surface area (Å²) in [5.41, 5.74) is 2.05. The maximum absolute atomic E-state index is 12.8. The van der Waals surface area contributed by atoms with Crippen molar-refractivity contribution in [2.24, 2.45) is 0 Å². The first kappa shape index (κ1) is 19.6. The largest absolute Gasteiger partial charge is 0.307 e. The Balaban J connectivity index is 2.28. The number of nitrogens with zero attached hydrogens (tertiary/aromatic N) is 1. The van der Waals surface area contributed by atoms with Gasteiger partial charge in [-0.05, 0) is 42.8 Å². The van der Waals surface area contributed by atoms with Crippen molar-refractivity contribution in [3.8, 4) is 0 Å². The second-order valence-electron chi connectivity index (χ2n) is 7.62. The third-order valence-corrected chi connectivity index (χ3v) is 5.57. The van der Waals surface area contributed by atoms with E-state index in [1.165, 1.54) is 0 Å². The van der Waals surface area contributed by atoms with Gasteiger partial charge in [-0.15, -0.1) is 0 Å². The van der Waals surface area contributed by atoms with Crippen LogP contribution in [0.4, 0.5) is 0 Å². The summed E-state index contributed by atoms with van der Waals surface area (Å²) >= 11 is 0. The van der Waals surface area contributed by atoms with Crippen molar-refractivity contribution in [2.75, 3.05) is 20.6 Å². The molecule has 0 aliphatic heterocycles. The van der Waals surface area contributed by atoms with Gasteiger partial charge < -0.3 is 4.90 Å². The lowest BCUT2D eigenvalue weighted by Crippen LogP contribution is -2.35. The van der Waals surface area contributed by atoms with Crippen LogP contribution in [0, 0.1) is 0 Å². The van der Waals surface area contributed by atoms with Gasteiger partial charge in [-0.3, -0.25) is 0 Å². The highest BCUT2D eigenvalue weighted by Gasteiger charge is 2.23. The monoisotopic (exact) mass is 360 g/mol. The predicted octanol–water partition coefficient (Wildman–Crippen LogP) is 3.57. The molecule has 0 aliphatic carbocycles. The van der Waals surface area contributed by atoms with E-state index in [0.29, 0.717) is 11.4 Å². The van der Waals surface area contributed by atoms with Crippen LogP contribution < -0.4 is 4.72 Å². The lowest BCUT2D eigenvalue weighted by atomic mass is 9.87. The number of rotatable bonds is 6. The van der Waals surface area contributed by atoms with Crippen LogP contribution in [0.15, 0.2) is 59.5 Å². The summed E-state index contributed by atoms with van der Waals surface area (Å²) in [4.78, 5) is 2.27. The van der Waals surface area contributed by atoms with Gasteiger partial charge >= 0.3 is 0 Å². The fourth-order valence-electron chi connectivity index (χ4n) is 2.65. The standard InChI is InChI=1S/C20H28N2O2S/c1-20(2,3)17-11-13-18(14-12-17)25(23,24)21-19(15-22(4)5)16-9-7-6-8-10-16/h6-14,19,21H,15H2,1-5H3/t19-/m1/s1. The smallest absolute Gasteiger partial charge is 0.241 e. The molecule has 0 spiro atoms. The molecule has 0 unspecified atom stereocenters. The molecule has 0 amide bonds. The molecule has 2 rings (SSSR count). The Bertz CT molecular complexity index is 777. The molecule has 0 saturated heterocycles. The van der Waals surface area contributed by atoms with Crippen LogP contribution in [-0.2, 0) is 15.4 Å². The topological polar surface area (TPSA) is 49.4 Å². The average molecular weight is 361 g/mol. The Labute approximate surface area is 151 Å². The number of nitrogens with one attached hydrogen (secondary N) is 1. The van der Waals surface area contributed by atoms with Gasteiger partial charge in [-0.25, -0.2) is 13.1 Å². The first-order chi connectivity index (χ1) is 11.6. The van der Waals surface area contributed by atoms with E-state index in [1.807, 2.05) is 61.5 Å². The number of hydrogen-bond donors (Lipinski definition) is 1. The van der Waals surface area contributed by atoms with Crippen molar-refractivity contribution >= 4 is 10.0 Å². The van der Waals surface area contributed by atoms with Gasteiger partial charge in [0, 0.05) is 6.54 Å². The van der Waals surface area contributed by atoms with Gasteiger partial charge in [-0.2, -0.15) is 0 Å². The Morgan fingerprint density at radius 1 is 0.960 bits per heavy atom. The number of benzene rings is 2. The zero-order valence-corrected chi connectivity index (χ0v) is 16.5. The van der Waals surface area contributed by atoms with Crippen molar-refractivity contribution in [3.05, 3.63) is 65.7 Å². The second-order valence-corrected chi connectivity index (χ2v) is 9.34. The van der Waals surface area contributed by atoms with Crippen molar-refractivity contribution in [1.29, 1.82) is 0 Å². The van der Waals surface area contributed by atoms with Crippen molar-refractivity contribution in [1.82, 2.24) is 9.62 Å². The maximum atomic E-state index is 12.8. The fourth-order valence-corrected chi connectivity index (χ4v) is 3.87. The van der Waals surface area contributed by atoms with E-state index in [9.17, 15) is 8.42 Å². The van der Waals surface area contributed by atoms with Crippen LogP contribution in [0.25, 0.3) is 0 Å². The molecule has 0 fully saturated rings. The third-order valence-electron chi connectivity index (χ3n) is 4.08. The van der Waals surface area contributed by atoms with Crippen molar-refractivity contribution < 1.29 is 8.42 Å². The molecule has 1 N–H and O–H groups in total. The SMILES string of the molecule is CN(C)C[C@@H](NS(=O)(=O)c1ccc(C(C)(C)C)cc1)c1ccccc1. The molecule has 5 heteroatoms. The minimum Gasteiger partial charge on any atom is -0.307 e. The van der Waals surface area contributed by atoms with Crippen LogP contribution in [0.1, 0.15) is 37.9 Å². The number of sulfonamides is 1. The zero-order valence-electron chi connectivity index (χ0n) is 15.7. The Hall–Kier alpha value is -1.69. The van der Waals surface area contributed by atoms with Crippen molar-refractivity contribution in [3.63, 3.8) is 0 Å². The summed E-state index contributed by atoms with van der Waals surface area (Å²) in [6.07, 6.45) is 0. The summed E-state index contributed by atoms with van der Waals surface area (Å²) in [5.74, 6) is 0. The van der Waals surface area contributed by atoms with Crippen LogP contribution in [0.3, 0.4) is 0 Å². The summed E-state index contributed by atoms with van der Waals surface area (Å²) in [7, 11) is 0.274. The van der Waals surface area contributed by atoms with Gasteiger partial charge in [0.2, 0.25) is 10.0 Å². The quantitative estimate of drug-likeness (QED) is 0.857. The first-order valence-corrected chi connectivity index (χ1v) is 9.90. The molecule has 0 bridgehead atoms. The van der Waals surface area contributed by atoms with Gasteiger partial charge in [0.25, 0.3) is 0 Å². The molecular weight excluding hydrogens is 332 g/mol. The molecule has 1 atom stereocenters. The van der Waals surface area contributed by atoms with E-state index < -0.39 is 10.0 Å². The summed E-state index contributed by atoms with van der Waals surface area (Å²) in [6.45, 7) is 6.91. The summed E-state index contributed by atoms with van der Waals surface area (Å²) in [6, 6.07) is 16.5. The molecule has 0 radical (unpaired) electrons. The van der Waals surface area contributed by atoms with E-state index in [-0.39, 0.29) is 11.5 Å². The summed E-state index contributed by atoms with van der Waals surface area (Å²) in [5, 5.41) is 0. The van der Waals surface area contributed by atoms with Crippen LogP contribution in [-0.4, -0.2) is 34.0 Å². The Morgan fingerprint density at radius 2 is 1.52 bits per heavy atom. The van der Waals surface area contributed by atoms with E-state index >= 15 is 0 Å². The zero-order chi connectivity index (χ0) is 18.7. The van der Waals surface area contributed by atoms with Gasteiger partial charge in [0.05, 0.1) is 10.9 Å². The van der Waals surface area contributed by atoms with Crippen LogP contribution >= 0.6 is 0 Å². The third kappa shape index (κ3) is 5.39. The van der Waals surface area contributed by atoms with Gasteiger partial charge in [0.15, 0.2) is 0 Å². The molecular formula is C20H28N2O2S. The normalized spacial score (nSPS) is 13.8. The predicted molar refractivity (Wildman–Crippen MR) is 103 cm³/mol. The highest BCUT2D eigenvalue weighted by atomic mass is 32.2. The van der Waals surface area contributed by atoms with E-state index in [2.05, 4.69) is 25.5 Å². The van der Waals surface area contributed by atoms with E-state index in [1.54, 1.807) is 12.1 Å². The first-order valence-electron chi connectivity index (χ1n) is 8.42. The molecule has 136 valence electrons. The Morgan fingerprint density at radius 3 is 2.00 bits per heavy atom. The minimum absolute atomic E-state index is 0.00673. The maximum Gasteiger partial charge on any atom is 0.241 e. The number of hydrogen-bond acceptors (Lipinski definition) is 3. The van der Waals surface area contributed by atoms with E-state index in [4.69, 9.17) is 0 Å². The number of likely N-dealkylation sites (N-methyl/N-ethyl adjacent to an activating group) is 1. The minimum atomic E-state index is -3.59. The lowest BCUT2D eigenvalue weighted by molar-refractivity contribution is 0.363. The molecule has 25 heavy (non-hydrogen) atoms. The van der Waals surface area contributed by atoms with E-state index in [0.717, 1.165) is 11.1 Å². The highest BCUT2D eigenvalue weighted by molar-refractivity contribution is 7.89. The van der Waals surface area contributed by atoms with Crippen LogP contribution in [0.2, 0.25) is 0 Å². The van der Waals surface area contributed by atoms with Crippen LogP contribution in [0.5, 0.6) is 0 Å². The summed E-state index contributed by atoms with van der Waals surface area (Å²) < 4.78 is 28.5. The molecule has 4 nitrogen and oxygen atoms in total. The van der Waals surface area contributed by atoms with Gasteiger partial charge in [0.1, 0.15) is 0 Å². The molecule has 0 heterocycles. The fraction of sp³-hybridized carbons (Fsp3) is 0.400. The highest BCUT2D eigenvalue weighted by Crippen LogP contribution is 2.24. The van der Waals surface area contributed by atoms with Crippen molar-refractivity contribution in [2.45, 2.75) is 37.1 Å².